The first-order valence-corrected chi connectivity index (χ1v) is 19.4. The zero-order valence-electron chi connectivity index (χ0n) is 30.4. The standard InChI is InChI=1S/C45H50N4O4/c1-30-7-18-42(44(51)47-30)49-29-35-27-36(11-16-41(35)45(49)52)46-22-19-31-20-23-48(24-21-31)25-26-53-38-13-8-33(9-14-38)43-39(32-5-3-2-4-6-32)15-10-34-28-37(50)12-17-40(34)43/h2-6,8-9,11-14,16-17,27-28,31,39,42-43,46,50H,1,7,10,15,18-26,29H2,(H,47,51)/t39-,42?,43+/m1/s1. The highest BCUT2D eigenvalue weighted by Crippen LogP contribution is 2.47. The summed E-state index contributed by atoms with van der Waals surface area (Å²) in [5, 5.41) is 16.6. The lowest BCUT2D eigenvalue weighted by Crippen LogP contribution is -2.49. The van der Waals surface area contributed by atoms with Gasteiger partial charge < -0.3 is 25.4 Å². The highest BCUT2D eigenvalue weighted by molar-refractivity contribution is 6.01. The van der Waals surface area contributed by atoms with Crippen LogP contribution in [0.25, 0.3) is 0 Å². The molecule has 0 spiro atoms. The molecule has 8 nitrogen and oxygen atoms in total. The van der Waals surface area contributed by atoms with Crippen LogP contribution < -0.4 is 15.4 Å². The number of nitrogens with zero attached hydrogens (tertiary/aromatic N) is 2. The summed E-state index contributed by atoms with van der Waals surface area (Å²) >= 11 is 0. The van der Waals surface area contributed by atoms with Crippen LogP contribution in [0.2, 0.25) is 0 Å². The number of anilines is 1. The molecule has 3 aliphatic heterocycles. The lowest BCUT2D eigenvalue weighted by atomic mass is 9.69. The van der Waals surface area contributed by atoms with Crippen LogP contribution in [-0.4, -0.2) is 65.5 Å². The second kappa shape index (κ2) is 15.5. The fraction of sp³-hybridized carbons (Fsp3) is 0.378. The number of aryl methyl sites for hydroxylation is 1. The smallest absolute Gasteiger partial charge is 0.255 e. The molecule has 0 saturated carbocycles. The van der Waals surface area contributed by atoms with Crippen molar-refractivity contribution in [3.63, 3.8) is 0 Å². The Balaban J connectivity index is 0.778. The lowest BCUT2D eigenvalue weighted by molar-refractivity contribution is -0.126. The van der Waals surface area contributed by atoms with Crippen molar-refractivity contribution in [2.24, 2.45) is 5.92 Å². The summed E-state index contributed by atoms with van der Waals surface area (Å²) in [4.78, 5) is 29.8. The Hall–Kier alpha value is -5.08. The number of nitrogens with one attached hydrogen (secondary N) is 2. The van der Waals surface area contributed by atoms with Crippen LogP contribution in [0.3, 0.4) is 0 Å². The van der Waals surface area contributed by atoms with E-state index in [4.69, 9.17) is 4.74 Å². The number of ether oxygens (including phenoxy) is 1. The molecule has 274 valence electrons. The lowest BCUT2D eigenvalue weighted by Gasteiger charge is -2.35. The molecular weight excluding hydrogens is 661 g/mol. The summed E-state index contributed by atoms with van der Waals surface area (Å²) < 4.78 is 6.25. The van der Waals surface area contributed by atoms with Crippen molar-refractivity contribution >= 4 is 17.5 Å². The molecule has 0 aromatic heterocycles. The molecule has 3 heterocycles. The minimum absolute atomic E-state index is 0.0595. The van der Waals surface area contributed by atoms with Gasteiger partial charge in [0.15, 0.2) is 0 Å². The minimum Gasteiger partial charge on any atom is -0.508 e. The van der Waals surface area contributed by atoms with E-state index in [1.54, 1.807) is 4.90 Å². The Morgan fingerprint density at radius 1 is 0.849 bits per heavy atom. The predicted octanol–water partition coefficient (Wildman–Crippen LogP) is 7.60. The monoisotopic (exact) mass is 710 g/mol. The van der Waals surface area contributed by atoms with Crippen molar-refractivity contribution in [1.29, 1.82) is 0 Å². The third-order valence-electron chi connectivity index (χ3n) is 12.0. The van der Waals surface area contributed by atoms with Gasteiger partial charge in [-0.25, -0.2) is 0 Å². The Morgan fingerprint density at radius 3 is 2.45 bits per heavy atom. The van der Waals surface area contributed by atoms with E-state index >= 15 is 0 Å². The van der Waals surface area contributed by atoms with Gasteiger partial charge in [0.2, 0.25) is 5.91 Å². The van der Waals surface area contributed by atoms with Gasteiger partial charge in [-0.3, -0.25) is 14.5 Å². The molecular formula is C45H50N4O4. The van der Waals surface area contributed by atoms with E-state index in [0.717, 1.165) is 68.1 Å². The normalized spacial score (nSPS) is 21.9. The van der Waals surface area contributed by atoms with Crippen LogP contribution >= 0.6 is 0 Å². The van der Waals surface area contributed by atoms with Crippen molar-refractivity contribution in [3.05, 3.63) is 137 Å². The van der Waals surface area contributed by atoms with E-state index in [1.165, 1.54) is 35.1 Å². The maximum Gasteiger partial charge on any atom is 0.255 e. The molecule has 3 atom stereocenters. The molecule has 8 rings (SSSR count). The highest BCUT2D eigenvalue weighted by atomic mass is 16.5. The van der Waals surface area contributed by atoms with Crippen LogP contribution in [-0.2, 0) is 17.8 Å². The molecule has 2 amide bonds. The molecule has 3 N–H and O–H groups in total. The van der Waals surface area contributed by atoms with Crippen LogP contribution in [0, 0.1) is 5.92 Å². The maximum atomic E-state index is 13.1. The first-order chi connectivity index (χ1) is 25.9. The number of phenols is 1. The number of phenolic OH excluding ortho intramolecular Hbond substituents is 1. The quantitative estimate of drug-likeness (QED) is 0.149. The van der Waals surface area contributed by atoms with E-state index in [1.807, 2.05) is 24.3 Å². The fourth-order valence-electron chi connectivity index (χ4n) is 9.03. The Kier molecular flexibility index (Phi) is 10.2. The number of hydrogen-bond acceptors (Lipinski definition) is 6. The van der Waals surface area contributed by atoms with Crippen LogP contribution in [0.5, 0.6) is 11.5 Å². The van der Waals surface area contributed by atoms with Gasteiger partial charge in [0.05, 0.1) is 0 Å². The number of amides is 2. The maximum absolute atomic E-state index is 13.1. The average molecular weight is 711 g/mol. The van der Waals surface area contributed by atoms with Gasteiger partial charge in [0, 0.05) is 42.5 Å². The molecule has 0 radical (unpaired) electrons. The van der Waals surface area contributed by atoms with Crippen molar-refractivity contribution in [2.45, 2.75) is 69.4 Å². The number of rotatable bonds is 11. The summed E-state index contributed by atoms with van der Waals surface area (Å²) in [6, 6.07) is 30.9. The molecule has 4 aromatic carbocycles. The van der Waals surface area contributed by atoms with E-state index < -0.39 is 6.04 Å². The van der Waals surface area contributed by atoms with Gasteiger partial charge in [-0.1, -0.05) is 55.1 Å². The number of allylic oxidation sites excluding steroid dienone is 1. The van der Waals surface area contributed by atoms with Gasteiger partial charge in [0.25, 0.3) is 5.91 Å². The minimum atomic E-state index is -0.432. The van der Waals surface area contributed by atoms with Crippen LogP contribution in [0.15, 0.2) is 103 Å². The van der Waals surface area contributed by atoms with Gasteiger partial charge >= 0.3 is 0 Å². The molecule has 4 aliphatic rings. The van der Waals surface area contributed by atoms with E-state index in [-0.39, 0.29) is 17.7 Å². The number of carbonyl (C=O) groups excluding carboxylic acids is 2. The van der Waals surface area contributed by atoms with E-state index in [9.17, 15) is 14.7 Å². The number of benzene rings is 4. The molecule has 0 bridgehead atoms. The summed E-state index contributed by atoms with van der Waals surface area (Å²) in [5.41, 5.74) is 8.64. The number of carbonyl (C=O) groups is 2. The predicted molar refractivity (Wildman–Crippen MR) is 208 cm³/mol. The first kappa shape index (κ1) is 35.0. The summed E-state index contributed by atoms with van der Waals surface area (Å²) in [7, 11) is 0. The molecule has 53 heavy (non-hydrogen) atoms. The summed E-state index contributed by atoms with van der Waals surface area (Å²) in [5.74, 6) is 2.36. The zero-order valence-corrected chi connectivity index (χ0v) is 30.4. The van der Waals surface area contributed by atoms with Gasteiger partial charge in [-0.2, -0.15) is 0 Å². The van der Waals surface area contributed by atoms with Crippen molar-refractivity contribution in [3.8, 4) is 11.5 Å². The van der Waals surface area contributed by atoms with Crippen molar-refractivity contribution in [2.75, 3.05) is 38.1 Å². The SMILES string of the molecule is C=C1CCC(N2Cc3cc(NCCC4CCN(CCOc5ccc([C@@H]6c7ccc(O)cc7CC[C@@H]6c6ccccc6)cc5)CC4)ccc3C2=O)C(=O)N1. The second-order valence-electron chi connectivity index (χ2n) is 15.3. The Bertz CT molecular complexity index is 1950. The van der Waals surface area contributed by atoms with E-state index in [2.05, 4.69) is 88.8 Å². The van der Waals surface area contributed by atoms with Crippen molar-refractivity contribution in [1.82, 2.24) is 15.1 Å². The number of fused-ring (bicyclic) bond motifs is 2. The van der Waals surface area contributed by atoms with Crippen LogP contribution in [0.1, 0.15) is 88.5 Å². The Morgan fingerprint density at radius 2 is 1.66 bits per heavy atom. The highest BCUT2D eigenvalue weighted by Gasteiger charge is 2.38. The summed E-state index contributed by atoms with van der Waals surface area (Å²) in [6.45, 7) is 8.99. The first-order valence-electron chi connectivity index (χ1n) is 19.4. The van der Waals surface area contributed by atoms with Crippen LogP contribution in [0.4, 0.5) is 5.69 Å². The zero-order chi connectivity index (χ0) is 36.3. The molecule has 4 aromatic rings. The van der Waals surface area contributed by atoms with Gasteiger partial charge in [-0.05, 0) is 140 Å². The largest absolute Gasteiger partial charge is 0.508 e. The molecule has 2 fully saturated rings. The number of likely N-dealkylation sites (tertiary alicyclic amines) is 1. The van der Waals surface area contributed by atoms with Crippen molar-refractivity contribution < 1.29 is 19.4 Å². The third-order valence-corrected chi connectivity index (χ3v) is 12.0. The van der Waals surface area contributed by atoms with Gasteiger partial charge in [0.1, 0.15) is 24.1 Å². The third kappa shape index (κ3) is 7.70. The Labute approximate surface area is 312 Å². The number of hydrogen-bond donors (Lipinski definition) is 3. The summed E-state index contributed by atoms with van der Waals surface area (Å²) in [6.07, 6.45) is 6.82. The fourth-order valence-corrected chi connectivity index (χ4v) is 9.03. The van der Waals surface area contributed by atoms with E-state index in [0.29, 0.717) is 49.1 Å². The van der Waals surface area contributed by atoms with Gasteiger partial charge in [-0.15, -0.1) is 0 Å². The number of piperidine rings is 2. The average Bonchev–Trinajstić information content (AvgIpc) is 3.50. The second-order valence-corrected chi connectivity index (χ2v) is 15.3. The molecule has 1 unspecified atom stereocenters. The topological polar surface area (TPSA) is 94.1 Å². The number of aromatic hydroxyl groups is 1. The molecule has 2 saturated heterocycles. The molecule has 8 heteroatoms. The molecule has 1 aliphatic carbocycles.